The Morgan fingerprint density at radius 1 is 0.760 bits per heavy atom. The number of carbonyl (C=O) groups is 2. The van der Waals surface area contributed by atoms with Crippen LogP contribution in [0.5, 0.6) is 0 Å². The smallest absolute Gasteiger partial charge is 0.340 e. The fourth-order valence-electron chi connectivity index (χ4n) is 3.02. The molecule has 0 saturated heterocycles. The summed E-state index contributed by atoms with van der Waals surface area (Å²) >= 11 is 0. The van der Waals surface area contributed by atoms with E-state index in [0.29, 0.717) is 11.1 Å². The minimum atomic E-state index is -1.76. The molecule has 132 valence electrons. The number of carboxylic acid groups (broad SMARTS) is 2. The van der Waals surface area contributed by atoms with E-state index in [0.717, 1.165) is 0 Å². The van der Waals surface area contributed by atoms with E-state index in [1.165, 1.54) is 0 Å². The molecule has 0 aromatic heterocycles. The van der Waals surface area contributed by atoms with Gasteiger partial charge in [0.15, 0.2) is 11.2 Å². The molecule has 0 fully saturated rings. The van der Waals surface area contributed by atoms with Crippen molar-refractivity contribution in [2.75, 3.05) is 0 Å². The SMILES string of the molecule is CC[C@](O[C@@](CC)(C(=O)O)c1ccccc1)(C(=O)O)c1ccccc1. The lowest BCUT2D eigenvalue weighted by atomic mass is 9.85. The van der Waals surface area contributed by atoms with Crippen molar-refractivity contribution in [3.63, 3.8) is 0 Å². The first-order chi connectivity index (χ1) is 11.9. The largest absolute Gasteiger partial charge is 0.479 e. The van der Waals surface area contributed by atoms with Crippen LogP contribution in [-0.4, -0.2) is 22.2 Å². The van der Waals surface area contributed by atoms with Crippen LogP contribution in [0.1, 0.15) is 37.8 Å². The maximum absolute atomic E-state index is 12.2. The van der Waals surface area contributed by atoms with Crippen molar-refractivity contribution in [2.24, 2.45) is 0 Å². The molecule has 25 heavy (non-hydrogen) atoms. The Balaban J connectivity index is 2.65. The zero-order valence-electron chi connectivity index (χ0n) is 14.3. The molecule has 0 aliphatic heterocycles. The number of carboxylic acids is 2. The molecular formula is C20H22O5. The number of hydrogen-bond donors (Lipinski definition) is 2. The van der Waals surface area contributed by atoms with Crippen LogP contribution < -0.4 is 0 Å². The van der Waals surface area contributed by atoms with E-state index in [2.05, 4.69) is 0 Å². The highest BCUT2D eigenvalue weighted by Crippen LogP contribution is 2.41. The lowest BCUT2D eigenvalue weighted by molar-refractivity contribution is -0.212. The van der Waals surface area contributed by atoms with Crippen molar-refractivity contribution in [3.05, 3.63) is 71.8 Å². The van der Waals surface area contributed by atoms with Gasteiger partial charge in [-0.15, -0.1) is 0 Å². The molecule has 0 aliphatic carbocycles. The van der Waals surface area contributed by atoms with E-state index in [-0.39, 0.29) is 12.8 Å². The van der Waals surface area contributed by atoms with Crippen LogP contribution in [0, 0.1) is 0 Å². The molecule has 2 N–H and O–H groups in total. The number of benzene rings is 2. The molecular weight excluding hydrogens is 320 g/mol. The van der Waals surface area contributed by atoms with Gasteiger partial charge in [-0.2, -0.15) is 0 Å². The first-order valence-corrected chi connectivity index (χ1v) is 8.21. The average molecular weight is 342 g/mol. The Hall–Kier alpha value is -2.66. The van der Waals surface area contributed by atoms with Crippen LogP contribution in [0.3, 0.4) is 0 Å². The Kier molecular flexibility index (Phi) is 5.59. The number of ether oxygens (including phenoxy) is 1. The van der Waals surface area contributed by atoms with Crippen LogP contribution in [0.4, 0.5) is 0 Å². The van der Waals surface area contributed by atoms with Gasteiger partial charge < -0.3 is 14.9 Å². The summed E-state index contributed by atoms with van der Waals surface area (Å²) in [6, 6.07) is 17.0. The lowest BCUT2D eigenvalue weighted by Gasteiger charge is -2.39. The Bertz CT molecular complexity index is 665. The molecule has 0 amide bonds. The van der Waals surface area contributed by atoms with Crippen molar-refractivity contribution < 1.29 is 24.5 Å². The van der Waals surface area contributed by atoms with Crippen molar-refractivity contribution in [3.8, 4) is 0 Å². The van der Waals surface area contributed by atoms with E-state index in [4.69, 9.17) is 4.74 Å². The highest BCUT2D eigenvalue weighted by molar-refractivity contribution is 5.83. The number of hydrogen-bond acceptors (Lipinski definition) is 3. The van der Waals surface area contributed by atoms with Gasteiger partial charge in [0.2, 0.25) is 0 Å². The quantitative estimate of drug-likeness (QED) is 0.762. The maximum Gasteiger partial charge on any atom is 0.340 e. The van der Waals surface area contributed by atoms with Crippen LogP contribution in [0.25, 0.3) is 0 Å². The van der Waals surface area contributed by atoms with Gasteiger partial charge in [0.25, 0.3) is 0 Å². The van der Waals surface area contributed by atoms with Crippen LogP contribution >= 0.6 is 0 Å². The molecule has 2 aromatic carbocycles. The molecule has 5 heteroatoms. The minimum absolute atomic E-state index is 0.0915. The summed E-state index contributed by atoms with van der Waals surface area (Å²) in [7, 11) is 0. The van der Waals surface area contributed by atoms with E-state index in [9.17, 15) is 19.8 Å². The van der Waals surface area contributed by atoms with E-state index < -0.39 is 23.1 Å². The second kappa shape index (κ2) is 7.49. The Morgan fingerprint density at radius 3 is 1.32 bits per heavy atom. The predicted octanol–water partition coefficient (Wildman–Crippen LogP) is 3.78. The summed E-state index contributed by atoms with van der Waals surface area (Å²) in [4.78, 5) is 24.4. The van der Waals surface area contributed by atoms with E-state index >= 15 is 0 Å². The topological polar surface area (TPSA) is 83.8 Å². The minimum Gasteiger partial charge on any atom is -0.479 e. The number of aliphatic carboxylic acids is 2. The van der Waals surface area contributed by atoms with Gasteiger partial charge in [0, 0.05) is 0 Å². The summed E-state index contributed by atoms with van der Waals surface area (Å²) < 4.78 is 6.02. The fourth-order valence-corrected chi connectivity index (χ4v) is 3.02. The van der Waals surface area contributed by atoms with Gasteiger partial charge in [-0.1, -0.05) is 74.5 Å². The molecule has 0 saturated carbocycles. The van der Waals surface area contributed by atoms with Gasteiger partial charge in [-0.3, -0.25) is 0 Å². The molecule has 0 radical (unpaired) electrons. The summed E-state index contributed by atoms with van der Waals surface area (Å²) in [6.45, 7) is 3.35. The highest BCUT2D eigenvalue weighted by Gasteiger charge is 2.51. The standard InChI is InChI=1S/C20H22O5/c1-3-19(17(21)22,15-11-7-5-8-12-15)25-20(4-2,18(23)24)16-13-9-6-10-14-16/h5-14H,3-4H2,1-2H3,(H,21,22)(H,23,24)/t19-,20-/m1/s1. The molecule has 0 spiro atoms. The van der Waals surface area contributed by atoms with Crippen LogP contribution in [0.2, 0.25) is 0 Å². The summed E-state index contributed by atoms with van der Waals surface area (Å²) in [6.07, 6.45) is 0.183. The highest BCUT2D eigenvalue weighted by atomic mass is 16.6. The Labute approximate surface area is 146 Å². The molecule has 2 rings (SSSR count). The lowest BCUT2D eigenvalue weighted by Crippen LogP contribution is -2.49. The maximum atomic E-state index is 12.2. The molecule has 0 aliphatic rings. The number of rotatable bonds is 8. The fraction of sp³-hybridized carbons (Fsp3) is 0.300. The van der Waals surface area contributed by atoms with Gasteiger partial charge in [-0.25, -0.2) is 9.59 Å². The van der Waals surface area contributed by atoms with Crippen molar-refractivity contribution in [1.82, 2.24) is 0 Å². The van der Waals surface area contributed by atoms with Crippen molar-refractivity contribution in [1.29, 1.82) is 0 Å². The van der Waals surface area contributed by atoms with Crippen molar-refractivity contribution in [2.45, 2.75) is 37.9 Å². The molecule has 5 nitrogen and oxygen atoms in total. The van der Waals surface area contributed by atoms with Crippen LogP contribution in [0.15, 0.2) is 60.7 Å². The Morgan fingerprint density at radius 2 is 1.08 bits per heavy atom. The third-order valence-corrected chi connectivity index (χ3v) is 4.52. The predicted molar refractivity (Wildman–Crippen MR) is 93.2 cm³/mol. The monoisotopic (exact) mass is 342 g/mol. The average Bonchev–Trinajstić information content (AvgIpc) is 2.64. The molecule has 0 heterocycles. The second-order valence-electron chi connectivity index (χ2n) is 5.81. The summed E-state index contributed by atoms with van der Waals surface area (Å²) in [5, 5.41) is 19.9. The van der Waals surface area contributed by atoms with Gasteiger partial charge in [-0.05, 0) is 24.0 Å². The third-order valence-electron chi connectivity index (χ3n) is 4.52. The van der Waals surface area contributed by atoms with Gasteiger partial charge in [0.05, 0.1) is 0 Å². The molecule has 2 atom stereocenters. The van der Waals surface area contributed by atoms with Crippen LogP contribution in [-0.2, 0) is 25.5 Å². The summed E-state index contributed by atoms with van der Waals surface area (Å²) in [5.74, 6) is -2.42. The van der Waals surface area contributed by atoms with E-state index in [1.54, 1.807) is 74.5 Å². The molecule has 0 unspecified atom stereocenters. The zero-order valence-corrected chi connectivity index (χ0v) is 14.3. The first-order valence-electron chi connectivity index (χ1n) is 8.21. The molecule has 2 aromatic rings. The molecule has 0 bridgehead atoms. The second-order valence-corrected chi connectivity index (χ2v) is 5.81. The normalized spacial score (nSPS) is 15.8. The third kappa shape index (κ3) is 3.28. The summed E-state index contributed by atoms with van der Waals surface area (Å²) in [5.41, 5.74) is -2.68. The zero-order chi connectivity index (χ0) is 18.5. The van der Waals surface area contributed by atoms with Gasteiger partial charge >= 0.3 is 11.9 Å². The van der Waals surface area contributed by atoms with Crippen molar-refractivity contribution >= 4 is 11.9 Å². The van der Waals surface area contributed by atoms with Gasteiger partial charge in [0.1, 0.15) is 0 Å². The van der Waals surface area contributed by atoms with E-state index in [1.807, 2.05) is 0 Å². The first kappa shape index (κ1) is 18.7.